The van der Waals surface area contributed by atoms with E-state index in [4.69, 9.17) is 0 Å². The molecule has 2 rings (SSSR count). The van der Waals surface area contributed by atoms with Crippen LogP contribution in [0, 0.1) is 6.92 Å². The summed E-state index contributed by atoms with van der Waals surface area (Å²) in [5.74, 6) is 0. The van der Waals surface area contributed by atoms with Gasteiger partial charge < -0.3 is 5.32 Å². The lowest BCUT2D eigenvalue weighted by Gasteiger charge is -2.27. The Kier molecular flexibility index (Phi) is 5.18. The van der Waals surface area contributed by atoms with E-state index >= 15 is 0 Å². The minimum absolute atomic E-state index is 0.467. The smallest absolute Gasteiger partial charge is 0.243 e. The van der Waals surface area contributed by atoms with Gasteiger partial charge in [0.25, 0.3) is 0 Å². The number of piperidine rings is 1. The van der Waals surface area contributed by atoms with Crippen LogP contribution in [0.5, 0.6) is 0 Å². The van der Waals surface area contributed by atoms with Crippen molar-refractivity contribution in [1.82, 2.24) is 9.62 Å². The van der Waals surface area contributed by atoms with Gasteiger partial charge in [0.05, 0.1) is 4.90 Å². The molecule has 1 aromatic carbocycles. The van der Waals surface area contributed by atoms with Crippen LogP contribution in [0.25, 0.3) is 0 Å². The van der Waals surface area contributed by atoms with Gasteiger partial charge in [0.15, 0.2) is 0 Å². The van der Waals surface area contributed by atoms with Gasteiger partial charge >= 0.3 is 0 Å². The van der Waals surface area contributed by atoms with Crippen molar-refractivity contribution in [1.29, 1.82) is 0 Å². The van der Waals surface area contributed by atoms with Crippen molar-refractivity contribution in [2.45, 2.75) is 44.6 Å². The number of nitrogens with zero attached hydrogens (tertiary/aromatic N) is 1. The maximum absolute atomic E-state index is 12.7. The largest absolute Gasteiger partial charge is 0.313 e. The normalized spacial score (nSPS) is 17.3. The van der Waals surface area contributed by atoms with Crippen LogP contribution in [-0.2, 0) is 16.6 Å². The Morgan fingerprint density at radius 2 is 1.90 bits per heavy atom. The summed E-state index contributed by atoms with van der Waals surface area (Å²) >= 11 is 0. The Hall–Kier alpha value is -0.910. The van der Waals surface area contributed by atoms with Crippen LogP contribution >= 0.6 is 0 Å². The molecule has 4 nitrogen and oxygen atoms in total. The highest BCUT2D eigenvalue weighted by atomic mass is 32.2. The third-order valence-electron chi connectivity index (χ3n) is 3.89. The topological polar surface area (TPSA) is 49.4 Å². The summed E-state index contributed by atoms with van der Waals surface area (Å²) < 4.78 is 27.1. The second kappa shape index (κ2) is 6.70. The Labute approximate surface area is 122 Å². The van der Waals surface area contributed by atoms with Crippen LogP contribution in [0.1, 0.15) is 37.3 Å². The lowest BCUT2D eigenvalue weighted by Crippen LogP contribution is -2.36. The first-order chi connectivity index (χ1) is 9.57. The highest BCUT2D eigenvalue weighted by Crippen LogP contribution is 2.25. The number of hydrogen-bond donors (Lipinski definition) is 1. The van der Waals surface area contributed by atoms with Gasteiger partial charge in [-0.1, -0.05) is 25.5 Å². The molecule has 1 aliphatic heterocycles. The van der Waals surface area contributed by atoms with Crippen LogP contribution in [0.3, 0.4) is 0 Å². The van der Waals surface area contributed by atoms with Gasteiger partial charge in [-0.2, -0.15) is 4.31 Å². The van der Waals surface area contributed by atoms with E-state index in [9.17, 15) is 8.42 Å². The van der Waals surface area contributed by atoms with Crippen molar-refractivity contribution in [3.05, 3.63) is 29.3 Å². The molecule has 0 spiro atoms. The van der Waals surface area contributed by atoms with Crippen LogP contribution in [0.15, 0.2) is 23.1 Å². The number of nitrogens with one attached hydrogen (secondary N) is 1. The Bertz CT molecular complexity index is 549. The van der Waals surface area contributed by atoms with Crippen molar-refractivity contribution >= 4 is 10.0 Å². The fourth-order valence-electron chi connectivity index (χ4n) is 2.63. The maximum Gasteiger partial charge on any atom is 0.243 e. The molecule has 5 heteroatoms. The molecule has 20 heavy (non-hydrogen) atoms. The quantitative estimate of drug-likeness (QED) is 0.907. The number of sulfonamides is 1. The predicted molar refractivity (Wildman–Crippen MR) is 81.2 cm³/mol. The Balaban J connectivity index is 2.31. The number of rotatable bonds is 5. The molecule has 0 saturated carbocycles. The highest BCUT2D eigenvalue weighted by Gasteiger charge is 2.27. The predicted octanol–water partition coefficient (Wildman–Crippen LogP) is 2.28. The van der Waals surface area contributed by atoms with Crippen molar-refractivity contribution in [2.75, 3.05) is 19.6 Å². The zero-order valence-corrected chi connectivity index (χ0v) is 13.2. The maximum atomic E-state index is 12.7. The molecule has 1 heterocycles. The first kappa shape index (κ1) is 15.5. The van der Waals surface area contributed by atoms with E-state index < -0.39 is 10.0 Å². The average molecular weight is 296 g/mol. The summed E-state index contributed by atoms with van der Waals surface area (Å²) in [6.07, 6.45) is 3.07. The third-order valence-corrected chi connectivity index (χ3v) is 5.94. The van der Waals surface area contributed by atoms with Gasteiger partial charge in [-0.05, 0) is 43.5 Å². The minimum atomic E-state index is -3.33. The van der Waals surface area contributed by atoms with Crippen molar-refractivity contribution in [3.8, 4) is 0 Å². The second-order valence-corrected chi connectivity index (χ2v) is 7.19. The molecule has 0 aliphatic carbocycles. The molecule has 1 N–H and O–H groups in total. The monoisotopic (exact) mass is 296 g/mol. The van der Waals surface area contributed by atoms with Crippen molar-refractivity contribution < 1.29 is 8.42 Å². The summed E-state index contributed by atoms with van der Waals surface area (Å²) in [6, 6.07) is 5.57. The van der Waals surface area contributed by atoms with Crippen LogP contribution in [0.4, 0.5) is 0 Å². The summed E-state index contributed by atoms with van der Waals surface area (Å²) in [7, 11) is -3.33. The molecule has 0 bridgehead atoms. The van der Waals surface area contributed by atoms with Gasteiger partial charge in [-0.15, -0.1) is 0 Å². The zero-order valence-electron chi connectivity index (χ0n) is 12.4. The molecule has 0 radical (unpaired) electrons. The highest BCUT2D eigenvalue weighted by molar-refractivity contribution is 7.89. The molecule has 0 amide bonds. The lowest BCUT2D eigenvalue weighted by molar-refractivity contribution is 0.346. The minimum Gasteiger partial charge on any atom is -0.313 e. The van der Waals surface area contributed by atoms with Crippen LogP contribution < -0.4 is 5.32 Å². The van der Waals surface area contributed by atoms with E-state index in [2.05, 4.69) is 5.32 Å². The molecule has 1 fully saturated rings. The van der Waals surface area contributed by atoms with E-state index in [-0.39, 0.29) is 0 Å². The van der Waals surface area contributed by atoms with Crippen LogP contribution in [0.2, 0.25) is 0 Å². The summed E-state index contributed by atoms with van der Waals surface area (Å²) in [4.78, 5) is 0.467. The van der Waals surface area contributed by atoms with E-state index in [1.807, 2.05) is 26.0 Å². The summed E-state index contributed by atoms with van der Waals surface area (Å²) in [6.45, 7) is 6.85. The third kappa shape index (κ3) is 3.22. The van der Waals surface area contributed by atoms with Crippen LogP contribution in [-0.4, -0.2) is 32.4 Å². The van der Waals surface area contributed by atoms with Crippen molar-refractivity contribution in [3.63, 3.8) is 0 Å². The summed E-state index contributed by atoms with van der Waals surface area (Å²) in [5, 5.41) is 3.26. The van der Waals surface area contributed by atoms with E-state index in [1.165, 1.54) is 0 Å². The fourth-order valence-corrected chi connectivity index (χ4v) is 4.42. The molecular weight excluding hydrogens is 272 g/mol. The van der Waals surface area contributed by atoms with E-state index in [0.29, 0.717) is 24.5 Å². The molecule has 112 valence electrons. The standard InChI is InChI=1S/C15H24N2O2S/c1-3-16-12-14-8-7-9-15(13(14)2)20(18,19)17-10-5-4-6-11-17/h7-9,16H,3-6,10-12H2,1-2H3. The van der Waals surface area contributed by atoms with Gasteiger partial charge in [-0.25, -0.2) is 8.42 Å². The van der Waals surface area contributed by atoms with E-state index in [0.717, 1.165) is 36.9 Å². The molecular formula is C15H24N2O2S. The van der Waals surface area contributed by atoms with Crippen molar-refractivity contribution in [2.24, 2.45) is 0 Å². The SMILES string of the molecule is CCNCc1cccc(S(=O)(=O)N2CCCCC2)c1C. The Morgan fingerprint density at radius 1 is 1.20 bits per heavy atom. The molecule has 0 atom stereocenters. The first-order valence-electron chi connectivity index (χ1n) is 7.36. The summed E-state index contributed by atoms with van der Waals surface area (Å²) in [5.41, 5.74) is 1.93. The van der Waals surface area contributed by atoms with Gasteiger partial charge in [-0.3, -0.25) is 0 Å². The molecule has 0 aromatic heterocycles. The molecule has 0 unspecified atom stereocenters. The first-order valence-corrected chi connectivity index (χ1v) is 8.80. The molecule has 1 aromatic rings. The lowest BCUT2D eigenvalue weighted by atomic mass is 10.1. The second-order valence-electron chi connectivity index (χ2n) is 5.29. The number of hydrogen-bond acceptors (Lipinski definition) is 3. The van der Waals surface area contributed by atoms with E-state index in [1.54, 1.807) is 10.4 Å². The van der Waals surface area contributed by atoms with Gasteiger partial charge in [0.1, 0.15) is 0 Å². The molecule has 1 saturated heterocycles. The molecule has 1 aliphatic rings. The van der Waals surface area contributed by atoms with Gasteiger partial charge in [0.2, 0.25) is 10.0 Å². The Morgan fingerprint density at radius 3 is 2.55 bits per heavy atom. The zero-order chi connectivity index (χ0) is 14.6. The van der Waals surface area contributed by atoms with Gasteiger partial charge in [0, 0.05) is 19.6 Å². The fraction of sp³-hybridized carbons (Fsp3) is 0.600. The average Bonchev–Trinajstić information content (AvgIpc) is 2.47. The number of benzene rings is 1.